The zero-order chi connectivity index (χ0) is 13.0. The Hall–Kier alpha value is -1.90. The monoisotopic (exact) mass is 242 g/mol. The number of carbonyl (C=O) groups is 1. The molecule has 0 N–H and O–H groups in total. The van der Waals surface area contributed by atoms with Crippen LogP contribution in [0.15, 0.2) is 30.3 Å². The Morgan fingerprint density at radius 1 is 1.22 bits per heavy atom. The molecule has 0 spiro atoms. The van der Waals surface area contributed by atoms with Crippen LogP contribution in [0.25, 0.3) is 0 Å². The van der Waals surface area contributed by atoms with Gasteiger partial charge in [0.15, 0.2) is 6.29 Å². The van der Waals surface area contributed by atoms with Gasteiger partial charge < -0.3 is 0 Å². The molecule has 0 fully saturated rings. The van der Waals surface area contributed by atoms with Crippen LogP contribution in [0.5, 0.6) is 0 Å². The van der Waals surface area contributed by atoms with Crippen molar-refractivity contribution in [1.82, 2.24) is 9.78 Å². The fourth-order valence-electron chi connectivity index (χ4n) is 2.18. The largest absolute Gasteiger partial charge is 0.298 e. The molecule has 1 heterocycles. The lowest BCUT2D eigenvalue weighted by Crippen LogP contribution is -2.04. The first-order valence-electron chi connectivity index (χ1n) is 6.25. The summed E-state index contributed by atoms with van der Waals surface area (Å²) in [7, 11) is 0. The molecule has 1 aromatic heterocycles. The Labute approximate surface area is 107 Å². The Kier molecular flexibility index (Phi) is 3.92. The maximum atomic E-state index is 10.9. The predicted molar refractivity (Wildman–Crippen MR) is 71.9 cm³/mol. The van der Waals surface area contributed by atoms with Crippen LogP contribution >= 0.6 is 0 Å². The maximum absolute atomic E-state index is 10.9. The van der Waals surface area contributed by atoms with E-state index in [1.807, 2.05) is 24.6 Å². The molecule has 0 aliphatic rings. The first kappa shape index (κ1) is 12.6. The lowest BCUT2D eigenvalue weighted by molar-refractivity contribution is 0.112. The number of benzene rings is 1. The second-order valence-corrected chi connectivity index (χ2v) is 4.51. The number of rotatable bonds is 5. The van der Waals surface area contributed by atoms with Crippen molar-refractivity contribution >= 4 is 6.29 Å². The zero-order valence-electron chi connectivity index (χ0n) is 10.9. The van der Waals surface area contributed by atoms with Crippen molar-refractivity contribution in [2.75, 3.05) is 0 Å². The summed E-state index contributed by atoms with van der Waals surface area (Å²) in [5.41, 5.74) is 3.86. The summed E-state index contributed by atoms with van der Waals surface area (Å²) in [6.07, 6.45) is 2.96. The summed E-state index contributed by atoms with van der Waals surface area (Å²) in [6.45, 7) is 4.69. The topological polar surface area (TPSA) is 34.9 Å². The summed E-state index contributed by atoms with van der Waals surface area (Å²) in [4.78, 5) is 10.9. The molecule has 0 radical (unpaired) electrons. The van der Waals surface area contributed by atoms with Crippen LogP contribution < -0.4 is 0 Å². The molecule has 0 amide bonds. The van der Waals surface area contributed by atoms with Crippen LogP contribution in [-0.2, 0) is 13.0 Å². The lowest BCUT2D eigenvalue weighted by atomic mass is 10.1. The number of hydrogen-bond donors (Lipinski definition) is 0. The third-order valence-electron chi connectivity index (χ3n) is 3.23. The van der Waals surface area contributed by atoms with Crippen LogP contribution in [0.2, 0.25) is 0 Å². The van der Waals surface area contributed by atoms with Crippen molar-refractivity contribution in [2.24, 2.45) is 0 Å². The van der Waals surface area contributed by atoms with E-state index in [4.69, 9.17) is 0 Å². The number of aryl methyl sites for hydroxylation is 3. The van der Waals surface area contributed by atoms with Gasteiger partial charge in [-0.25, -0.2) is 0 Å². The second kappa shape index (κ2) is 5.63. The van der Waals surface area contributed by atoms with E-state index < -0.39 is 0 Å². The summed E-state index contributed by atoms with van der Waals surface area (Å²) in [5, 5.41) is 4.40. The molecule has 1 aromatic carbocycles. The molecule has 18 heavy (non-hydrogen) atoms. The van der Waals surface area contributed by atoms with Crippen LogP contribution in [0.1, 0.15) is 33.7 Å². The van der Waals surface area contributed by atoms with Gasteiger partial charge in [0.25, 0.3) is 0 Å². The minimum atomic E-state index is 0.731. The van der Waals surface area contributed by atoms with Gasteiger partial charge in [-0.05, 0) is 32.3 Å². The fourth-order valence-corrected chi connectivity index (χ4v) is 2.18. The lowest BCUT2D eigenvalue weighted by Gasteiger charge is -2.04. The van der Waals surface area contributed by atoms with Gasteiger partial charge in [0.05, 0.1) is 11.3 Å². The Morgan fingerprint density at radius 3 is 2.56 bits per heavy atom. The fraction of sp³-hybridized carbons (Fsp3) is 0.333. The molecular weight excluding hydrogens is 224 g/mol. The average Bonchev–Trinajstić information content (AvgIpc) is 2.65. The molecule has 2 aromatic rings. The Balaban J connectivity index is 1.97. The normalized spacial score (nSPS) is 10.6. The highest BCUT2D eigenvalue weighted by atomic mass is 16.1. The van der Waals surface area contributed by atoms with E-state index in [1.54, 1.807) is 0 Å². The van der Waals surface area contributed by atoms with E-state index in [2.05, 4.69) is 29.4 Å². The van der Waals surface area contributed by atoms with Crippen molar-refractivity contribution < 1.29 is 4.79 Å². The van der Waals surface area contributed by atoms with E-state index in [0.717, 1.165) is 42.6 Å². The van der Waals surface area contributed by atoms with Gasteiger partial charge in [-0.15, -0.1) is 0 Å². The minimum absolute atomic E-state index is 0.731. The number of nitrogens with zero attached hydrogens (tertiary/aromatic N) is 2. The number of hydrogen-bond acceptors (Lipinski definition) is 2. The van der Waals surface area contributed by atoms with Gasteiger partial charge in [0, 0.05) is 12.2 Å². The average molecular weight is 242 g/mol. The summed E-state index contributed by atoms with van der Waals surface area (Å²) in [6, 6.07) is 10.4. The predicted octanol–water partition coefficient (Wildman–Crippen LogP) is 2.95. The number of aldehydes is 1. The van der Waals surface area contributed by atoms with Gasteiger partial charge in [-0.1, -0.05) is 30.3 Å². The molecule has 3 nitrogen and oxygen atoms in total. The first-order chi connectivity index (χ1) is 8.72. The van der Waals surface area contributed by atoms with Crippen molar-refractivity contribution in [3.8, 4) is 0 Å². The van der Waals surface area contributed by atoms with Crippen molar-refractivity contribution in [1.29, 1.82) is 0 Å². The van der Waals surface area contributed by atoms with E-state index >= 15 is 0 Å². The zero-order valence-corrected chi connectivity index (χ0v) is 10.9. The Bertz CT molecular complexity index is 529. The molecule has 0 saturated heterocycles. The molecule has 0 aliphatic heterocycles. The Morgan fingerprint density at radius 2 is 1.94 bits per heavy atom. The van der Waals surface area contributed by atoms with Crippen molar-refractivity contribution in [3.05, 3.63) is 52.8 Å². The third kappa shape index (κ3) is 2.67. The maximum Gasteiger partial charge on any atom is 0.153 e. The smallest absolute Gasteiger partial charge is 0.153 e. The molecule has 0 unspecified atom stereocenters. The van der Waals surface area contributed by atoms with E-state index in [-0.39, 0.29) is 0 Å². The first-order valence-corrected chi connectivity index (χ1v) is 6.25. The highest BCUT2D eigenvalue weighted by molar-refractivity contribution is 5.77. The molecule has 0 saturated carbocycles. The molecule has 0 atom stereocenters. The minimum Gasteiger partial charge on any atom is -0.298 e. The molecule has 3 heteroatoms. The van der Waals surface area contributed by atoms with Crippen LogP contribution in [0.4, 0.5) is 0 Å². The second-order valence-electron chi connectivity index (χ2n) is 4.51. The van der Waals surface area contributed by atoms with Crippen molar-refractivity contribution in [2.45, 2.75) is 33.2 Å². The van der Waals surface area contributed by atoms with E-state index in [0.29, 0.717) is 0 Å². The SMILES string of the molecule is Cc1nn(CCCc2ccccc2)c(C)c1C=O. The summed E-state index contributed by atoms with van der Waals surface area (Å²) < 4.78 is 1.93. The van der Waals surface area contributed by atoms with Crippen LogP contribution in [-0.4, -0.2) is 16.1 Å². The molecule has 94 valence electrons. The van der Waals surface area contributed by atoms with E-state index in [9.17, 15) is 4.79 Å². The highest BCUT2D eigenvalue weighted by Gasteiger charge is 2.09. The number of aromatic nitrogens is 2. The summed E-state index contributed by atoms with van der Waals surface area (Å²) >= 11 is 0. The molecule has 0 bridgehead atoms. The molecule has 2 rings (SSSR count). The molecule has 0 aliphatic carbocycles. The molecular formula is C15H18N2O. The van der Waals surface area contributed by atoms with Crippen LogP contribution in [0, 0.1) is 13.8 Å². The van der Waals surface area contributed by atoms with Crippen molar-refractivity contribution in [3.63, 3.8) is 0 Å². The quantitative estimate of drug-likeness (QED) is 0.755. The van der Waals surface area contributed by atoms with Gasteiger partial charge in [0.2, 0.25) is 0 Å². The van der Waals surface area contributed by atoms with Gasteiger partial charge in [-0.3, -0.25) is 9.48 Å². The highest BCUT2D eigenvalue weighted by Crippen LogP contribution is 2.11. The third-order valence-corrected chi connectivity index (χ3v) is 3.23. The van der Waals surface area contributed by atoms with Gasteiger partial charge in [-0.2, -0.15) is 5.10 Å². The van der Waals surface area contributed by atoms with Crippen LogP contribution in [0.3, 0.4) is 0 Å². The van der Waals surface area contributed by atoms with E-state index in [1.165, 1.54) is 5.56 Å². The van der Waals surface area contributed by atoms with Gasteiger partial charge >= 0.3 is 0 Å². The van der Waals surface area contributed by atoms with Gasteiger partial charge in [0.1, 0.15) is 0 Å². The summed E-state index contributed by atoms with van der Waals surface area (Å²) in [5.74, 6) is 0. The standard InChI is InChI=1S/C15H18N2O/c1-12-15(11-18)13(2)17(16-12)10-6-9-14-7-4-3-5-8-14/h3-5,7-8,11H,6,9-10H2,1-2H3. The number of carbonyl (C=O) groups excluding carboxylic acids is 1.